The van der Waals surface area contributed by atoms with Crippen molar-refractivity contribution in [2.75, 3.05) is 5.32 Å². The van der Waals surface area contributed by atoms with Crippen LogP contribution < -0.4 is 10.5 Å². The van der Waals surface area contributed by atoms with Gasteiger partial charge in [-0.05, 0) is 78.7 Å². The minimum Gasteiger partial charge on any atom is -0.362 e. The zero-order valence-electron chi connectivity index (χ0n) is 19.4. The molecule has 170 valence electrons. The first-order valence-corrected chi connectivity index (χ1v) is 12.6. The van der Waals surface area contributed by atoms with E-state index in [0.29, 0.717) is 17.2 Å². The summed E-state index contributed by atoms with van der Waals surface area (Å²) in [6, 6.07) is 8.99. The number of sulfonamides is 1. The van der Waals surface area contributed by atoms with Crippen molar-refractivity contribution in [3.63, 3.8) is 0 Å². The van der Waals surface area contributed by atoms with Crippen molar-refractivity contribution in [2.24, 2.45) is 16.5 Å². The maximum Gasteiger partial charge on any atom is 0.255 e. The van der Waals surface area contributed by atoms with Crippen molar-refractivity contribution in [2.45, 2.75) is 83.2 Å². The fourth-order valence-corrected chi connectivity index (χ4v) is 4.95. The Hall–Kier alpha value is -1.99. The van der Waals surface area contributed by atoms with Crippen molar-refractivity contribution in [1.29, 1.82) is 0 Å². The maximum absolute atomic E-state index is 11.7. The van der Waals surface area contributed by atoms with E-state index in [1.54, 1.807) is 12.1 Å². The van der Waals surface area contributed by atoms with Gasteiger partial charge in [-0.3, -0.25) is 4.98 Å². The van der Waals surface area contributed by atoms with Crippen LogP contribution in [0.3, 0.4) is 0 Å². The van der Waals surface area contributed by atoms with Crippen molar-refractivity contribution in [3.8, 4) is 0 Å². The summed E-state index contributed by atoms with van der Waals surface area (Å²) in [6.07, 6.45) is 7.63. The molecule has 0 spiro atoms. The van der Waals surface area contributed by atoms with Crippen LogP contribution in [0.25, 0.3) is 0 Å². The van der Waals surface area contributed by atoms with Gasteiger partial charge in [0.25, 0.3) is 10.0 Å². The van der Waals surface area contributed by atoms with Crippen LogP contribution in [0.15, 0.2) is 41.6 Å². The van der Waals surface area contributed by atoms with Gasteiger partial charge >= 0.3 is 0 Å². The standard InChI is InChI=1S/C24H36N4O2S/c1-23(2,3)18-12-14-26-20(15-18)19(10-9-17-11-13-24(4,5)16-17)27-21-7-6-8-22(28-21)31(25,29)30/h6-8,12,14-15,17,19H,9-11,13,16H2,1-5H3,(H,27,28)(H2,25,29,30)/t17-,19?/m1/s1. The number of nitrogens with zero attached hydrogens (tertiary/aromatic N) is 2. The van der Waals surface area contributed by atoms with Crippen molar-refractivity contribution in [3.05, 3.63) is 47.8 Å². The molecule has 2 aromatic rings. The number of nitrogens with one attached hydrogen (secondary N) is 1. The molecule has 1 fully saturated rings. The van der Waals surface area contributed by atoms with Crippen LogP contribution in [0, 0.1) is 11.3 Å². The normalized spacial score (nSPS) is 19.9. The highest BCUT2D eigenvalue weighted by molar-refractivity contribution is 7.89. The van der Waals surface area contributed by atoms with Gasteiger partial charge in [-0.25, -0.2) is 18.5 Å². The molecule has 3 rings (SSSR count). The van der Waals surface area contributed by atoms with Gasteiger partial charge in [0.15, 0.2) is 5.03 Å². The molecule has 2 heterocycles. The molecule has 1 saturated carbocycles. The smallest absolute Gasteiger partial charge is 0.255 e. The van der Waals surface area contributed by atoms with Crippen molar-refractivity contribution < 1.29 is 8.42 Å². The van der Waals surface area contributed by atoms with E-state index < -0.39 is 10.0 Å². The highest BCUT2D eigenvalue weighted by atomic mass is 32.2. The first kappa shape index (κ1) is 23.7. The molecule has 2 aromatic heterocycles. The molecule has 0 amide bonds. The number of aromatic nitrogens is 2. The molecular formula is C24H36N4O2S. The number of anilines is 1. The van der Waals surface area contributed by atoms with Crippen LogP contribution in [0.4, 0.5) is 5.82 Å². The summed E-state index contributed by atoms with van der Waals surface area (Å²) in [5.74, 6) is 1.19. The van der Waals surface area contributed by atoms with Gasteiger partial charge in [0.05, 0.1) is 11.7 Å². The van der Waals surface area contributed by atoms with Crippen LogP contribution in [-0.4, -0.2) is 18.4 Å². The second kappa shape index (κ2) is 8.87. The van der Waals surface area contributed by atoms with Crippen molar-refractivity contribution >= 4 is 15.8 Å². The lowest BCUT2D eigenvalue weighted by Crippen LogP contribution is -2.19. The van der Waals surface area contributed by atoms with E-state index in [9.17, 15) is 8.42 Å². The molecule has 0 aromatic carbocycles. The second-order valence-corrected chi connectivity index (χ2v) is 12.2. The average Bonchev–Trinajstić information content (AvgIpc) is 3.03. The van der Waals surface area contributed by atoms with E-state index >= 15 is 0 Å². The van der Waals surface area contributed by atoms with Crippen LogP contribution >= 0.6 is 0 Å². The van der Waals surface area contributed by atoms with Gasteiger partial charge in [-0.2, -0.15) is 0 Å². The van der Waals surface area contributed by atoms with Crippen molar-refractivity contribution in [1.82, 2.24) is 9.97 Å². The molecule has 1 aliphatic carbocycles. The number of nitrogens with two attached hydrogens (primary N) is 1. The van der Waals surface area contributed by atoms with Gasteiger partial charge < -0.3 is 5.32 Å². The van der Waals surface area contributed by atoms with Gasteiger partial charge in [0, 0.05) is 6.20 Å². The molecular weight excluding hydrogens is 408 g/mol. The van der Waals surface area contributed by atoms with E-state index in [2.05, 4.69) is 62.0 Å². The van der Waals surface area contributed by atoms with Gasteiger partial charge in [-0.1, -0.05) is 40.7 Å². The van der Waals surface area contributed by atoms with Crippen LogP contribution in [0.1, 0.15) is 84.0 Å². The SMILES string of the molecule is CC1(C)CC[C@@H](CCC(Nc2cccc(S(N)(=O)=O)n2)c2cc(C(C)(C)C)ccn2)C1. The molecule has 0 radical (unpaired) electrons. The summed E-state index contributed by atoms with van der Waals surface area (Å²) in [4.78, 5) is 8.89. The van der Waals surface area contributed by atoms with E-state index in [1.165, 1.54) is 30.9 Å². The second-order valence-electron chi connectivity index (χ2n) is 10.7. The molecule has 0 saturated heterocycles. The molecule has 7 heteroatoms. The Kier molecular flexibility index (Phi) is 6.77. The van der Waals surface area contributed by atoms with E-state index in [1.807, 2.05) is 6.20 Å². The third-order valence-corrected chi connectivity index (χ3v) is 7.09. The first-order chi connectivity index (χ1) is 14.3. The highest BCUT2D eigenvalue weighted by Gasteiger charge is 2.31. The number of primary sulfonamides is 1. The summed E-state index contributed by atoms with van der Waals surface area (Å²) in [7, 11) is -3.86. The molecule has 0 bridgehead atoms. The van der Waals surface area contributed by atoms with E-state index in [-0.39, 0.29) is 16.5 Å². The monoisotopic (exact) mass is 444 g/mol. The largest absolute Gasteiger partial charge is 0.362 e. The van der Waals surface area contributed by atoms with Gasteiger partial charge in [-0.15, -0.1) is 0 Å². The van der Waals surface area contributed by atoms with E-state index in [0.717, 1.165) is 18.5 Å². The lowest BCUT2D eigenvalue weighted by molar-refractivity contribution is 0.348. The molecule has 3 N–H and O–H groups in total. The Morgan fingerprint density at radius 2 is 2.00 bits per heavy atom. The third-order valence-electron chi connectivity index (χ3n) is 6.28. The zero-order valence-corrected chi connectivity index (χ0v) is 20.2. The van der Waals surface area contributed by atoms with Crippen LogP contribution in [-0.2, 0) is 15.4 Å². The number of pyridine rings is 2. The molecule has 2 atom stereocenters. The zero-order chi connectivity index (χ0) is 22.9. The number of hydrogen-bond donors (Lipinski definition) is 2. The summed E-state index contributed by atoms with van der Waals surface area (Å²) >= 11 is 0. The Bertz CT molecular complexity index is 1010. The lowest BCUT2D eigenvalue weighted by atomic mass is 9.86. The predicted molar refractivity (Wildman–Crippen MR) is 125 cm³/mol. The highest BCUT2D eigenvalue weighted by Crippen LogP contribution is 2.43. The fourth-order valence-electron chi connectivity index (χ4n) is 4.46. The van der Waals surface area contributed by atoms with Crippen LogP contribution in [0.5, 0.6) is 0 Å². The Balaban J connectivity index is 1.86. The summed E-state index contributed by atoms with van der Waals surface area (Å²) < 4.78 is 23.5. The lowest BCUT2D eigenvalue weighted by Gasteiger charge is -2.24. The molecule has 6 nitrogen and oxygen atoms in total. The third kappa shape index (κ3) is 6.50. The minimum atomic E-state index is -3.86. The summed E-state index contributed by atoms with van der Waals surface area (Å²) in [5.41, 5.74) is 2.61. The first-order valence-electron chi connectivity index (χ1n) is 11.1. The fraction of sp³-hybridized carbons (Fsp3) is 0.583. The average molecular weight is 445 g/mol. The van der Waals surface area contributed by atoms with E-state index in [4.69, 9.17) is 5.14 Å². The number of hydrogen-bond acceptors (Lipinski definition) is 5. The minimum absolute atomic E-state index is 0.0174. The quantitative estimate of drug-likeness (QED) is 0.613. The molecule has 1 aliphatic rings. The predicted octanol–water partition coefficient (Wildman–Crippen LogP) is 5.18. The maximum atomic E-state index is 11.7. The molecule has 0 aliphatic heterocycles. The summed E-state index contributed by atoms with van der Waals surface area (Å²) in [5, 5.41) is 8.58. The Morgan fingerprint density at radius 1 is 1.26 bits per heavy atom. The topological polar surface area (TPSA) is 98.0 Å². The van der Waals surface area contributed by atoms with Gasteiger partial charge in [0.2, 0.25) is 0 Å². The molecule has 31 heavy (non-hydrogen) atoms. The summed E-state index contributed by atoms with van der Waals surface area (Å²) in [6.45, 7) is 11.3. The molecule has 1 unspecified atom stereocenters. The Morgan fingerprint density at radius 3 is 2.61 bits per heavy atom. The van der Waals surface area contributed by atoms with Gasteiger partial charge in [0.1, 0.15) is 5.82 Å². The van der Waals surface area contributed by atoms with Crippen LogP contribution in [0.2, 0.25) is 0 Å². The number of rotatable bonds is 7. The Labute approximate surface area is 187 Å².